The molecular formula is C13H11ClN4O. The summed E-state index contributed by atoms with van der Waals surface area (Å²) in [4.78, 5) is 3.98. The summed E-state index contributed by atoms with van der Waals surface area (Å²) < 4.78 is 7.33. The topological polar surface area (TPSA) is 52.3 Å². The number of hydrogen-bond donors (Lipinski definition) is 0. The van der Waals surface area contributed by atoms with Crippen LogP contribution in [0.1, 0.15) is 17.5 Å². The van der Waals surface area contributed by atoms with Gasteiger partial charge >= 0.3 is 0 Å². The molecule has 2 aromatic heterocycles. The van der Waals surface area contributed by atoms with Crippen LogP contribution in [0.2, 0.25) is 5.15 Å². The Morgan fingerprint density at radius 2 is 2.00 bits per heavy atom. The molecule has 3 aromatic rings. The number of aromatic nitrogens is 4. The van der Waals surface area contributed by atoms with Crippen molar-refractivity contribution in [1.82, 2.24) is 19.6 Å². The Labute approximate surface area is 114 Å². The molecule has 19 heavy (non-hydrogen) atoms. The molecule has 0 aliphatic heterocycles. The number of ether oxygens (including phenoxy) is 1. The standard InChI is InChI=1S/C13H11ClN4O/c1-19-10(9-5-3-2-4-6-9)12-16-17-13-11(14)15-7-8-18(12)13/h2-8,10H,1H3. The largest absolute Gasteiger partial charge is 0.369 e. The summed E-state index contributed by atoms with van der Waals surface area (Å²) in [6.45, 7) is 0. The number of rotatable bonds is 3. The van der Waals surface area contributed by atoms with Crippen molar-refractivity contribution < 1.29 is 4.74 Å². The zero-order valence-corrected chi connectivity index (χ0v) is 10.9. The minimum absolute atomic E-state index is 0.297. The molecule has 0 amide bonds. The fourth-order valence-electron chi connectivity index (χ4n) is 2.01. The first-order valence-electron chi connectivity index (χ1n) is 5.74. The second-order valence-electron chi connectivity index (χ2n) is 4.00. The SMILES string of the molecule is COC(c1ccccc1)c1nnc2c(Cl)nccn12. The van der Waals surface area contributed by atoms with E-state index in [1.54, 1.807) is 23.9 Å². The molecule has 1 atom stereocenters. The van der Waals surface area contributed by atoms with Gasteiger partial charge in [-0.3, -0.25) is 4.40 Å². The van der Waals surface area contributed by atoms with E-state index in [4.69, 9.17) is 16.3 Å². The molecule has 96 valence electrons. The maximum atomic E-state index is 5.99. The summed E-state index contributed by atoms with van der Waals surface area (Å²) in [6.07, 6.45) is 3.08. The second kappa shape index (κ2) is 4.95. The van der Waals surface area contributed by atoms with E-state index in [0.29, 0.717) is 16.6 Å². The second-order valence-corrected chi connectivity index (χ2v) is 4.35. The third kappa shape index (κ3) is 2.07. The highest BCUT2D eigenvalue weighted by atomic mass is 35.5. The zero-order chi connectivity index (χ0) is 13.2. The number of hydrogen-bond acceptors (Lipinski definition) is 4. The van der Waals surface area contributed by atoms with E-state index < -0.39 is 0 Å². The third-order valence-electron chi connectivity index (χ3n) is 2.88. The molecule has 0 saturated heterocycles. The van der Waals surface area contributed by atoms with E-state index in [0.717, 1.165) is 5.56 Å². The molecule has 2 heterocycles. The van der Waals surface area contributed by atoms with Crippen LogP contribution in [0.25, 0.3) is 5.65 Å². The quantitative estimate of drug-likeness (QED) is 0.736. The van der Waals surface area contributed by atoms with Crippen molar-refractivity contribution in [3.05, 3.63) is 59.3 Å². The molecule has 0 fully saturated rings. The first-order chi connectivity index (χ1) is 9.31. The van der Waals surface area contributed by atoms with Crippen LogP contribution in [-0.2, 0) is 4.74 Å². The first-order valence-corrected chi connectivity index (χ1v) is 6.12. The molecular weight excluding hydrogens is 264 g/mol. The van der Waals surface area contributed by atoms with Gasteiger partial charge in [0.25, 0.3) is 0 Å². The molecule has 0 N–H and O–H groups in total. The van der Waals surface area contributed by atoms with Crippen LogP contribution in [0, 0.1) is 0 Å². The Kier molecular flexibility index (Phi) is 3.15. The van der Waals surface area contributed by atoms with Crippen LogP contribution in [0.3, 0.4) is 0 Å². The molecule has 6 heteroatoms. The first kappa shape index (κ1) is 12.1. The lowest BCUT2D eigenvalue weighted by Gasteiger charge is -2.13. The number of nitrogens with zero attached hydrogens (tertiary/aromatic N) is 4. The molecule has 0 spiro atoms. The minimum atomic E-state index is -0.297. The number of halogens is 1. The van der Waals surface area contributed by atoms with Gasteiger partial charge in [-0.1, -0.05) is 41.9 Å². The van der Waals surface area contributed by atoms with Gasteiger partial charge in [-0.25, -0.2) is 4.98 Å². The van der Waals surface area contributed by atoms with Gasteiger partial charge < -0.3 is 4.74 Å². The Hall–Kier alpha value is -1.98. The fourth-order valence-corrected chi connectivity index (χ4v) is 2.20. The Morgan fingerprint density at radius 1 is 1.21 bits per heavy atom. The average Bonchev–Trinajstić information content (AvgIpc) is 2.87. The molecule has 1 aromatic carbocycles. The summed E-state index contributed by atoms with van der Waals surface area (Å²) in [5.74, 6) is 0.674. The van der Waals surface area contributed by atoms with Crippen LogP contribution in [0.5, 0.6) is 0 Å². The number of benzene rings is 1. The van der Waals surface area contributed by atoms with E-state index >= 15 is 0 Å². The zero-order valence-electron chi connectivity index (χ0n) is 10.2. The average molecular weight is 275 g/mol. The van der Waals surface area contributed by atoms with Crippen molar-refractivity contribution in [3.8, 4) is 0 Å². The van der Waals surface area contributed by atoms with Crippen molar-refractivity contribution in [3.63, 3.8) is 0 Å². The lowest BCUT2D eigenvalue weighted by Crippen LogP contribution is -2.08. The molecule has 0 aliphatic rings. The highest BCUT2D eigenvalue weighted by molar-refractivity contribution is 6.32. The summed E-state index contributed by atoms with van der Waals surface area (Å²) in [5.41, 5.74) is 1.53. The van der Waals surface area contributed by atoms with Crippen LogP contribution < -0.4 is 0 Å². The lowest BCUT2D eigenvalue weighted by molar-refractivity contribution is 0.128. The van der Waals surface area contributed by atoms with E-state index in [1.165, 1.54) is 0 Å². The fraction of sp³-hybridized carbons (Fsp3) is 0.154. The Bertz CT molecular complexity index is 698. The van der Waals surface area contributed by atoms with Gasteiger partial charge in [0.15, 0.2) is 16.6 Å². The summed E-state index contributed by atoms with van der Waals surface area (Å²) in [5, 5.41) is 8.54. The molecule has 1 unspecified atom stereocenters. The van der Waals surface area contributed by atoms with Crippen molar-refractivity contribution >= 4 is 17.2 Å². The van der Waals surface area contributed by atoms with Crippen molar-refractivity contribution in [2.75, 3.05) is 7.11 Å². The van der Waals surface area contributed by atoms with Gasteiger partial charge in [-0.15, -0.1) is 10.2 Å². The Balaban J connectivity index is 2.15. The minimum Gasteiger partial charge on any atom is -0.369 e. The molecule has 0 bridgehead atoms. The van der Waals surface area contributed by atoms with E-state index in [2.05, 4.69) is 15.2 Å². The molecule has 3 rings (SSSR count). The van der Waals surface area contributed by atoms with Crippen LogP contribution in [-0.4, -0.2) is 26.7 Å². The molecule has 0 radical (unpaired) electrons. The van der Waals surface area contributed by atoms with Gasteiger partial charge in [0.05, 0.1) is 0 Å². The summed E-state index contributed by atoms with van der Waals surface area (Å²) >= 11 is 5.99. The third-order valence-corrected chi connectivity index (χ3v) is 3.15. The maximum absolute atomic E-state index is 5.99. The van der Waals surface area contributed by atoms with Crippen LogP contribution in [0.15, 0.2) is 42.7 Å². The van der Waals surface area contributed by atoms with Crippen LogP contribution >= 0.6 is 11.6 Å². The van der Waals surface area contributed by atoms with Crippen molar-refractivity contribution in [1.29, 1.82) is 0 Å². The highest BCUT2D eigenvalue weighted by Gasteiger charge is 2.20. The van der Waals surface area contributed by atoms with Crippen molar-refractivity contribution in [2.24, 2.45) is 0 Å². The Morgan fingerprint density at radius 3 is 2.74 bits per heavy atom. The molecule has 0 saturated carbocycles. The van der Waals surface area contributed by atoms with Gasteiger partial charge in [0, 0.05) is 19.5 Å². The van der Waals surface area contributed by atoms with E-state index in [9.17, 15) is 0 Å². The highest BCUT2D eigenvalue weighted by Crippen LogP contribution is 2.25. The number of fused-ring (bicyclic) bond motifs is 1. The predicted molar refractivity (Wildman–Crippen MR) is 71.1 cm³/mol. The smallest absolute Gasteiger partial charge is 0.198 e. The summed E-state index contributed by atoms with van der Waals surface area (Å²) in [7, 11) is 1.64. The molecule has 5 nitrogen and oxygen atoms in total. The maximum Gasteiger partial charge on any atom is 0.198 e. The van der Waals surface area contributed by atoms with Gasteiger partial charge in [-0.05, 0) is 5.56 Å². The van der Waals surface area contributed by atoms with Crippen LogP contribution in [0.4, 0.5) is 0 Å². The van der Waals surface area contributed by atoms with Gasteiger partial charge in [-0.2, -0.15) is 0 Å². The van der Waals surface area contributed by atoms with E-state index in [-0.39, 0.29) is 6.10 Å². The monoisotopic (exact) mass is 274 g/mol. The number of methoxy groups -OCH3 is 1. The summed E-state index contributed by atoms with van der Waals surface area (Å²) in [6, 6.07) is 9.84. The molecule has 0 aliphatic carbocycles. The van der Waals surface area contributed by atoms with Gasteiger partial charge in [0.2, 0.25) is 0 Å². The van der Waals surface area contributed by atoms with Crippen molar-refractivity contribution in [2.45, 2.75) is 6.10 Å². The van der Waals surface area contributed by atoms with Gasteiger partial charge in [0.1, 0.15) is 6.10 Å². The normalized spacial score (nSPS) is 12.7. The lowest BCUT2D eigenvalue weighted by atomic mass is 10.1. The van der Waals surface area contributed by atoms with E-state index in [1.807, 2.05) is 30.3 Å². The predicted octanol–water partition coefficient (Wildman–Crippen LogP) is 2.51.